The second-order valence-electron chi connectivity index (χ2n) is 9.02. The first-order valence-corrected chi connectivity index (χ1v) is 11.1. The van der Waals surface area contributed by atoms with E-state index in [1.54, 1.807) is 30.8 Å². The van der Waals surface area contributed by atoms with Crippen molar-refractivity contribution in [1.29, 1.82) is 0 Å². The monoisotopic (exact) mass is 441 g/mol. The Morgan fingerprint density at radius 2 is 2.22 bits per heavy atom. The second-order valence-corrected chi connectivity index (χ2v) is 9.02. The molecule has 1 amide bonds. The molecule has 3 atom stereocenters. The van der Waals surface area contributed by atoms with Crippen LogP contribution in [0.15, 0.2) is 24.5 Å². The normalized spacial score (nSPS) is 19.8. The van der Waals surface area contributed by atoms with Gasteiger partial charge in [0.1, 0.15) is 17.2 Å². The van der Waals surface area contributed by atoms with E-state index in [2.05, 4.69) is 30.9 Å². The summed E-state index contributed by atoms with van der Waals surface area (Å²) < 4.78 is 7.26. The van der Waals surface area contributed by atoms with E-state index in [1.807, 2.05) is 26.0 Å². The maximum absolute atomic E-state index is 12.0. The molecule has 1 saturated carbocycles. The van der Waals surface area contributed by atoms with Gasteiger partial charge in [0.15, 0.2) is 11.6 Å². The van der Waals surface area contributed by atoms with Crippen molar-refractivity contribution in [2.75, 3.05) is 5.32 Å². The molecule has 172 valence electrons. The first-order chi connectivity index (χ1) is 15.2. The lowest BCUT2D eigenvalue weighted by Crippen LogP contribution is -2.34. The van der Waals surface area contributed by atoms with E-state index in [0.717, 1.165) is 36.9 Å². The van der Waals surface area contributed by atoms with E-state index >= 15 is 0 Å². The molecule has 4 rings (SSSR count). The highest BCUT2D eigenvalue weighted by molar-refractivity contribution is 5.72. The number of alkyl carbamates (subject to hydrolysis) is 1. The van der Waals surface area contributed by atoms with Gasteiger partial charge in [-0.1, -0.05) is 6.92 Å². The van der Waals surface area contributed by atoms with Crippen LogP contribution in [-0.2, 0) is 10.3 Å². The van der Waals surface area contributed by atoms with Gasteiger partial charge in [0, 0.05) is 36.1 Å². The molecule has 10 nitrogen and oxygen atoms in total. The Balaban J connectivity index is 1.41. The van der Waals surface area contributed by atoms with Crippen LogP contribution in [0, 0.1) is 0 Å². The number of aromatic amines is 1. The molecular formula is C22H31N7O3. The largest absolute Gasteiger partial charge is 0.446 e. The van der Waals surface area contributed by atoms with Crippen LogP contribution >= 0.6 is 0 Å². The van der Waals surface area contributed by atoms with Gasteiger partial charge in [-0.15, -0.1) is 0 Å². The minimum atomic E-state index is -1.05. The standard InChI is InChI=1S/C22H31N7O3/c1-5-13(2)24-21(30)32-15-7-6-14(10-15)16-11-19(27-26-16)25-20-17-12-18(22(3,4)31)28-29(17)9-8-23-20/h8-9,11-15,31H,5-7,10H2,1-4H3,(H,24,30)(H2,23,25,26,27)/t13-,14+,15-/m1/s1. The van der Waals surface area contributed by atoms with E-state index in [0.29, 0.717) is 17.3 Å². The topological polar surface area (TPSA) is 129 Å². The Morgan fingerprint density at radius 1 is 1.41 bits per heavy atom. The minimum Gasteiger partial charge on any atom is -0.446 e. The zero-order valence-corrected chi connectivity index (χ0v) is 18.9. The maximum atomic E-state index is 12.0. The van der Waals surface area contributed by atoms with Crippen molar-refractivity contribution in [3.05, 3.63) is 35.9 Å². The van der Waals surface area contributed by atoms with Crippen LogP contribution in [0.4, 0.5) is 16.4 Å². The van der Waals surface area contributed by atoms with E-state index in [-0.39, 0.29) is 24.2 Å². The van der Waals surface area contributed by atoms with Crippen molar-refractivity contribution < 1.29 is 14.6 Å². The zero-order chi connectivity index (χ0) is 22.9. The van der Waals surface area contributed by atoms with Crippen LogP contribution in [0.1, 0.15) is 70.7 Å². The summed E-state index contributed by atoms with van der Waals surface area (Å²) in [5.74, 6) is 1.49. The molecule has 0 saturated heterocycles. The summed E-state index contributed by atoms with van der Waals surface area (Å²) in [7, 11) is 0. The van der Waals surface area contributed by atoms with Gasteiger partial charge in [0.2, 0.25) is 0 Å². The van der Waals surface area contributed by atoms with Crippen LogP contribution in [0.25, 0.3) is 5.52 Å². The molecule has 1 aliphatic rings. The van der Waals surface area contributed by atoms with Crippen molar-refractivity contribution in [2.45, 2.75) is 77.0 Å². The summed E-state index contributed by atoms with van der Waals surface area (Å²) in [5.41, 5.74) is 1.26. The third kappa shape index (κ3) is 4.85. The fourth-order valence-electron chi connectivity index (χ4n) is 3.87. The second kappa shape index (κ2) is 8.78. The predicted octanol–water partition coefficient (Wildman–Crippen LogP) is 3.58. The Kier molecular flexibility index (Phi) is 6.05. The van der Waals surface area contributed by atoms with Crippen molar-refractivity contribution in [2.24, 2.45) is 0 Å². The third-order valence-electron chi connectivity index (χ3n) is 5.94. The summed E-state index contributed by atoms with van der Waals surface area (Å²) in [4.78, 5) is 16.4. The molecule has 0 spiro atoms. The summed E-state index contributed by atoms with van der Waals surface area (Å²) >= 11 is 0. The van der Waals surface area contributed by atoms with E-state index in [4.69, 9.17) is 4.74 Å². The van der Waals surface area contributed by atoms with Crippen LogP contribution in [0.3, 0.4) is 0 Å². The number of carbonyl (C=O) groups is 1. The molecule has 0 bridgehead atoms. The molecule has 1 aliphatic carbocycles. The number of amides is 1. The molecule has 4 N–H and O–H groups in total. The number of ether oxygens (including phenoxy) is 1. The number of nitrogens with one attached hydrogen (secondary N) is 3. The van der Waals surface area contributed by atoms with Crippen molar-refractivity contribution in [3.8, 4) is 0 Å². The number of fused-ring (bicyclic) bond motifs is 1. The number of carbonyl (C=O) groups excluding carboxylic acids is 1. The molecule has 32 heavy (non-hydrogen) atoms. The number of aliphatic hydroxyl groups is 1. The summed E-state index contributed by atoms with van der Waals surface area (Å²) in [6.45, 7) is 7.38. The highest BCUT2D eigenvalue weighted by Gasteiger charge is 2.30. The average Bonchev–Trinajstić information content (AvgIpc) is 3.46. The predicted molar refractivity (Wildman–Crippen MR) is 120 cm³/mol. The summed E-state index contributed by atoms with van der Waals surface area (Å²) in [6.07, 6.45) is 6.34. The number of anilines is 2. The maximum Gasteiger partial charge on any atom is 0.407 e. The Hall–Kier alpha value is -3.14. The molecule has 0 unspecified atom stereocenters. The SMILES string of the molecule is CC[C@@H](C)NC(=O)O[C@@H]1CC[C@H](c2cc(Nc3nccn4nc(C(C)(C)O)cc34)n[nH]2)C1. The molecule has 0 aliphatic heterocycles. The van der Waals surface area contributed by atoms with Gasteiger partial charge in [0.05, 0.1) is 5.69 Å². The number of nitrogens with zero attached hydrogens (tertiary/aromatic N) is 4. The Bertz CT molecular complexity index is 1080. The number of aromatic nitrogens is 5. The smallest absolute Gasteiger partial charge is 0.407 e. The number of rotatable bonds is 7. The molecule has 0 radical (unpaired) electrons. The van der Waals surface area contributed by atoms with Gasteiger partial charge in [-0.3, -0.25) is 5.10 Å². The first-order valence-electron chi connectivity index (χ1n) is 11.1. The zero-order valence-electron chi connectivity index (χ0n) is 18.9. The fourth-order valence-corrected chi connectivity index (χ4v) is 3.87. The summed E-state index contributed by atoms with van der Waals surface area (Å²) in [6, 6.07) is 3.88. The third-order valence-corrected chi connectivity index (χ3v) is 5.94. The number of H-pyrrole nitrogens is 1. The van der Waals surface area contributed by atoms with Crippen LogP contribution < -0.4 is 10.6 Å². The van der Waals surface area contributed by atoms with Gasteiger partial charge < -0.3 is 20.5 Å². The highest BCUT2D eigenvalue weighted by Crippen LogP contribution is 2.36. The average molecular weight is 442 g/mol. The van der Waals surface area contributed by atoms with Crippen LogP contribution in [0.2, 0.25) is 0 Å². The highest BCUT2D eigenvalue weighted by atomic mass is 16.6. The van der Waals surface area contributed by atoms with Crippen LogP contribution in [0.5, 0.6) is 0 Å². The van der Waals surface area contributed by atoms with Crippen LogP contribution in [-0.4, -0.2) is 48.1 Å². The van der Waals surface area contributed by atoms with Crippen molar-refractivity contribution in [3.63, 3.8) is 0 Å². The molecular weight excluding hydrogens is 410 g/mol. The lowest BCUT2D eigenvalue weighted by Gasteiger charge is -2.16. The van der Waals surface area contributed by atoms with Gasteiger partial charge >= 0.3 is 6.09 Å². The minimum absolute atomic E-state index is 0.0915. The molecule has 3 aromatic rings. The van der Waals surface area contributed by atoms with E-state index in [9.17, 15) is 9.90 Å². The number of hydrogen-bond acceptors (Lipinski definition) is 7. The molecule has 3 heterocycles. The van der Waals surface area contributed by atoms with Gasteiger partial charge in [-0.05, 0) is 52.5 Å². The number of hydrogen-bond donors (Lipinski definition) is 4. The van der Waals surface area contributed by atoms with E-state index < -0.39 is 5.60 Å². The van der Waals surface area contributed by atoms with Crippen molar-refractivity contribution in [1.82, 2.24) is 30.1 Å². The Morgan fingerprint density at radius 3 is 2.97 bits per heavy atom. The fraction of sp³-hybridized carbons (Fsp3) is 0.545. The van der Waals surface area contributed by atoms with Gasteiger partial charge in [-0.25, -0.2) is 14.3 Å². The lowest BCUT2D eigenvalue weighted by molar-refractivity contribution is 0.0735. The summed E-state index contributed by atoms with van der Waals surface area (Å²) in [5, 5.41) is 28.2. The van der Waals surface area contributed by atoms with E-state index in [1.165, 1.54) is 0 Å². The molecule has 1 fully saturated rings. The quantitative estimate of drug-likeness (QED) is 0.441. The molecule has 10 heteroatoms. The van der Waals surface area contributed by atoms with Gasteiger partial charge in [0.25, 0.3) is 0 Å². The lowest BCUT2D eigenvalue weighted by atomic mass is 10.0. The van der Waals surface area contributed by atoms with Crippen molar-refractivity contribution >= 4 is 23.2 Å². The van der Waals surface area contributed by atoms with Gasteiger partial charge in [-0.2, -0.15) is 10.2 Å². The first kappa shape index (κ1) is 22.1. The molecule has 0 aromatic carbocycles. The molecule has 3 aromatic heterocycles. The Labute approximate surface area is 186 Å².